The average Bonchev–Trinajstić information content (AvgIpc) is 2.78. The van der Waals surface area contributed by atoms with E-state index in [0.717, 1.165) is 6.07 Å². The zero-order chi connectivity index (χ0) is 24.6. The van der Waals surface area contributed by atoms with Gasteiger partial charge in [0.25, 0.3) is 0 Å². The second kappa shape index (κ2) is 11.4. The summed E-state index contributed by atoms with van der Waals surface area (Å²) in [6, 6.07) is 8.65. The van der Waals surface area contributed by atoms with Gasteiger partial charge in [0.05, 0.1) is 11.3 Å². The molecule has 1 unspecified atom stereocenters. The lowest BCUT2D eigenvalue weighted by Crippen LogP contribution is -2.56. The smallest absolute Gasteiger partial charge is 0.343 e. The number of urea groups is 2. The van der Waals surface area contributed by atoms with Gasteiger partial charge in [0.2, 0.25) is 6.41 Å². The van der Waals surface area contributed by atoms with Crippen LogP contribution in [0.1, 0.15) is 42.6 Å². The lowest BCUT2D eigenvalue weighted by molar-refractivity contribution is -0.117. The van der Waals surface area contributed by atoms with Gasteiger partial charge < -0.3 is 15.7 Å². The molecular weight excluding hydrogens is 499 g/mol. The first-order valence-corrected chi connectivity index (χ1v) is 10.8. The summed E-state index contributed by atoms with van der Waals surface area (Å²) in [6.45, 7) is 3.57. The van der Waals surface area contributed by atoms with Crippen LogP contribution in [0, 0.1) is 5.82 Å². The number of aryl methyl sites for hydroxylation is 1. The van der Waals surface area contributed by atoms with Crippen molar-refractivity contribution in [3.8, 4) is 0 Å². The van der Waals surface area contributed by atoms with Crippen molar-refractivity contribution in [1.29, 1.82) is 0 Å². The van der Waals surface area contributed by atoms with Gasteiger partial charge in [-0.1, -0.05) is 41.1 Å². The maximum Gasteiger partial charge on any atom is 0.343 e. The van der Waals surface area contributed by atoms with E-state index in [2.05, 4.69) is 26.6 Å². The number of aromatic carboxylic acids is 1. The van der Waals surface area contributed by atoms with E-state index in [4.69, 9.17) is 0 Å². The van der Waals surface area contributed by atoms with Crippen molar-refractivity contribution < 1.29 is 28.7 Å². The number of nitrogens with one attached hydrogen (secondary N) is 3. The highest BCUT2D eigenvalue weighted by molar-refractivity contribution is 9.10. The Bertz CT molecular complexity index is 1050. The number of carbonyl (C=O) groups excluding carboxylic acids is 3. The number of hydrogen-bond donors (Lipinski definition) is 4. The maximum atomic E-state index is 13.9. The van der Waals surface area contributed by atoms with E-state index in [1.165, 1.54) is 18.2 Å². The predicted octanol–water partition coefficient (Wildman–Crippen LogP) is 4.29. The van der Waals surface area contributed by atoms with Crippen molar-refractivity contribution in [1.82, 2.24) is 15.8 Å². The molecule has 176 valence electrons. The Hall–Kier alpha value is -3.47. The van der Waals surface area contributed by atoms with Gasteiger partial charge in [-0.25, -0.2) is 24.2 Å². The van der Waals surface area contributed by atoms with Crippen molar-refractivity contribution in [3.05, 3.63) is 63.9 Å². The van der Waals surface area contributed by atoms with Gasteiger partial charge in [0.1, 0.15) is 5.82 Å². The average molecular weight is 523 g/mol. The highest BCUT2D eigenvalue weighted by atomic mass is 79.9. The minimum Gasteiger partial charge on any atom is -0.478 e. The molecule has 0 heterocycles. The third kappa shape index (κ3) is 7.28. The van der Waals surface area contributed by atoms with Gasteiger partial charge in [-0.15, -0.1) is 0 Å². The number of benzene rings is 2. The minimum absolute atomic E-state index is 0.114. The van der Waals surface area contributed by atoms with E-state index >= 15 is 0 Å². The third-order valence-corrected chi connectivity index (χ3v) is 5.60. The number of hydrogen-bond acceptors (Lipinski definition) is 4. The van der Waals surface area contributed by atoms with Gasteiger partial charge in [0, 0.05) is 10.0 Å². The zero-order valence-corrected chi connectivity index (χ0v) is 19.6. The van der Waals surface area contributed by atoms with Crippen LogP contribution in [0.4, 0.5) is 19.7 Å². The van der Waals surface area contributed by atoms with Gasteiger partial charge in [-0.05, 0) is 56.0 Å². The molecule has 0 saturated heterocycles. The minimum atomic E-state index is -1.04. The monoisotopic (exact) mass is 522 g/mol. The summed E-state index contributed by atoms with van der Waals surface area (Å²) in [4.78, 5) is 47.5. The number of imide groups is 1. The Labute approximate surface area is 198 Å². The summed E-state index contributed by atoms with van der Waals surface area (Å²) in [5.41, 5.74) is 1.89. The molecule has 0 aromatic heterocycles. The van der Waals surface area contributed by atoms with Crippen LogP contribution in [0.5, 0.6) is 0 Å². The second-order valence-electron chi connectivity index (χ2n) is 7.47. The van der Waals surface area contributed by atoms with Crippen LogP contribution >= 0.6 is 15.9 Å². The van der Waals surface area contributed by atoms with Crippen molar-refractivity contribution >= 4 is 46.1 Å². The molecule has 2 aromatic carbocycles. The number of anilines is 1. The van der Waals surface area contributed by atoms with Crippen LogP contribution < -0.4 is 16.1 Å². The molecule has 0 aliphatic heterocycles. The van der Waals surface area contributed by atoms with Crippen molar-refractivity contribution in [2.75, 3.05) is 5.32 Å². The van der Waals surface area contributed by atoms with Gasteiger partial charge >= 0.3 is 18.0 Å². The quantitative estimate of drug-likeness (QED) is 0.303. The van der Waals surface area contributed by atoms with E-state index in [0.29, 0.717) is 34.3 Å². The number of hydrazine groups is 1. The van der Waals surface area contributed by atoms with Gasteiger partial charge in [-0.3, -0.25) is 4.79 Å². The fourth-order valence-corrected chi connectivity index (χ4v) is 3.31. The third-order valence-electron chi connectivity index (χ3n) is 5.11. The maximum absolute atomic E-state index is 13.9. The highest BCUT2D eigenvalue weighted by Crippen LogP contribution is 2.21. The molecule has 0 spiro atoms. The topological polar surface area (TPSA) is 128 Å². The largest absolute Gasteiger partial charge is 0.478 e. The zero-order valence-electron chi connectivity index (χ0n) is 18.0. The number of rotatable bonds is 8. The molecule has 0 aliphatic carbocycles. The summed E-state index contributed by atoms with van der Waals surface area (Å²) in [7, 11) is 0. The molecule has 4 N–H and O–H groups in total. The van der Waals surface area contributed by atoms with Crippen LogP contribution in [-0.2, 0) is 11.2 Å². The molecule has 0 bridgehead atoms. The summed E-state index contributed by atoms with van der Waals surface area (Å²) >= 11 is 3.10. The standard InChI is InChI=1S/C22H24BrFN4O5/c1-3-22(2,11-10-14-6-4-5-7-16(14)19(30)31)26-21(33)28(13-29)27-20(32)25-18-9-8-15(23)12-17(18)24/h4-9,12-13H,3,10-11H2,1-2H3,(H,26,33)(H,30,31)(H2,25,27,32). The Morgan fingerprint density at radius 2 is 1.91 bits per heavy atom. The number of carbonyl (C=O) groups is 4. The molecule has 11 heteroatoms. The van der Waals surface area contributed by atoms with Crippen LogP contribution in [0.2, 0.25) is 0 Å². The fraction of sp³-hybridized carbons (Fsp3) is 0.273. The molecule has 5 amide bonds. The molecule has 2 aromatic rings. The normalized spacial score (nSPS) is 12.2. The first-order valence-electron chi connectivity index (χ1n) is 9.99. The number of nitrogens with zero attached hydrogens (tertiary/aromatic N) is 1. The second-order valence-corrected chi connectivity index (χ2v) is 8.39. The van der Waals surface area contributed by atoms with Crippen molar-refractivity contribution in [2.24, 2.45) is 0 Å². The number of carboxylic acid groups (broad SMARTS) is 1. The predicted molar refractivity (Wildman–Crippen MR) is 123 cm³/mol. The van der Waals surface area contributed by atoms with E-state index in [1.807, 2.05) is 12.3 Å². The Balaban J connectivity index is 2.02. The highest BCUT2D eigenvalue weighted by Gasteiger charge is 2.28. The molecule has 0 radical (unpaired) electrons. The summed E-state index contributed by atoms with van der Waals surface area (Å²) in [5.74, 6) is -1.75. The number of carboxylic acids is 1. The van der Waals surface area contributed by atoms with Crippen molar-refractivity contribution in [3.63, 3.8) is 0 Å². The molecule has 0 aliphatic rings. The molecule has 9 nitrogen and oxygen atoms in total. The van der Waals surface area contributed by atoms with E-state index < -0.39 is 29.4 Å². The molecule has 33 heavy (non-hydrogen) atoms. The van der Waals surface area contributed by atoms with Gasteiger partial charge in [0.15, 0.2) is 0 Å². The molecular formula is C22H24BrFN4O5. The van der Waals surface area contributed by atoms with Crippen LogP contribution in [0.25, 0.3) is 0 Å². The first kappa shape index (κ1) is 25.8. The van der Waals surface area contributed by atoms with E-state index in [1.54, 1.807) is 25.1 Å². The number of halogens is 2. The van der Waals surface area contributed by atoms with Gasteiger partial charge in [-0.2, -0.15) is 5.01 Å². The Kier molecular flexibility index (Phi) is 8.92. The lowest BCUT2D eigenvalue weighted by atomic mass is 9.89. The Morgan fingerprint density at radius 1 is 1.21 bits per heavy atom. The summed E-state index contributed by atoms with van der Waals surface area (Å²) < 4.78 is 14.4. The lowest BCUT2D eigenvalue weighted by Gasteiger charge is -2.31. The SMILES string of the molecule is CCC(C)(CCc1ccccc1C(=O)O)NC(=O)N(C=O)NC(=O)Nc1ccc(Br)cc1F. The Morgan fingerprint density at radius 3 is 2.52 bits per heavy atom. The summed E-state index contributed by atoms with van der Waals surface area (Å²) in [6.07, 6.45) is 1.33. The first-order chi connectivity index (χ1) is 15.6. The fourth-order valence-electron chi connectivity index (χ4n) is 2.98. The number of amides is 5. The van der Waals surface area contributed by atoms with E-state index in [-0.39, 0.29) is 17.7 Å². The van der Waals surface area contributed by atoms with E-state index in [9.17, 15) is 28.7 Å². The van der Waals surface area contributed by atoms with Crippen molar-refractivity contribution in [2.45, 2.75) is 38.6 Å². The van der Waals surface area contributed by atoms with Crippen LogP contribution in [0.3, 0.4) is 0 Å². The van der Waals surface area contributed by atoms with Crippen LogP contribution in [-0.4, -0.2) is 40.1 Å². The molecule has 0 saturated carbocycles. The summed E-state index contributed by atoms with van der Waals surface area (Å²) in [5, 5.41) is 14.6. The molecule has 0 fully saturated rings. The van der Waals surface area contributed by atoms with Crippen LogP contribution in [0.15, 0.2) is 46.9 Å². The molecule has 2 rings (SSSR count). The molecule has 1 atom stereocenters.